The zero-order valence-electron chi connectivity index (χ0n) is 10.8. The summed E-state index contributed by atoms with van der Waals surface area (Å²) in [5.74, 6) is -0.154. The lowest BCUT2D eigenvalue weighted by Crippen LogP contribution is -2.44. The maximum Gasteiger partial charge on any atom is 0.274 e. The van der Waals surface area contributed by atoms with E-state index in [1.54, 1.807) is 17.9 Å². The summed E-state index contributed by atoms with van der Waals surface area (Å²) in [5.41, 5.74) is 6.54. The molecule has 100 valence electrons. The molecule has 1 aromatic rings. The lowest BCUT2D eigenvalue weighted by Gasteiger charge is -2.30. The number of nitrogens with one attached hydrogen (secondary N) is 1. The van der Waals surface area contributed by atoms with Gasteiger partial charge in [-0.25, -0.2) is 0 Å². The van der Waals surface area contributed by atoms with Crippen molar-refractivity contribution in [2.24, 2.45) is 7.05 Å². The first-order chi connectivity index (χ1) is 8.61. The highest BCUT2D eigenvalue weighted by Gasteiger charge is 2.27. The normalized spacial score (nSPS) is 23.9. The highest BCUT2D eigenvalue weighted by atomic mass is 32.2. The Hall–Kier alpha value is -1.17. The zero-order chi connectivity index (χ0) is 13.1. The third-order valence-electron chi connectivity index (χ3n) is 3.39. The van der Waals surface area contributed by atoms with E-state index in [-0.39, 0.29) is 11.9 Å². The molecule has 2 atom stereocenters. The average Bonchev–Trinajstić information content (AvgIpc) is 2.69. The van der Waals surface area contributed by atoms with Gasteiger partial charge in [-0.15, -0.1) is 0 Å². The van der Waals surface area contributed by atoms with Gasteiger partial charge in [0.1, 0.15) is 0 Å². The van der Waals surface area contributed by atoms with Gasteiger partial charge in [-0.1, -0.05) is 12.8 Å². The van der Waals surface area contributed by atoms with Crippen LogP contribution in [0.25, 0.3) is 0 Å². The summed E-state index contributed by atoms with van der Waals surface area (Å²) in [5, 5.41) is 7.68. The van der Waals surface area contributed by atoms with Gasteiger partial charge < -0.3 is 11.1 Å². The number of thioether (sulfide) groups is 1. The molecular formula is C12H20N4OS. The topological polar surface area (TPSA) is 72.9 Å². The molecule has 0 saturated heterocycles. The first kappa shape index (κ1) is 13.3. The Kier molecular flexibility index (Phi) is 4.16. The summed E-state index contributed by atoms with van der Waals surface area (Å²) in [7, 11) is 1.76. The van der Waals surface area contributed by atoms with Crippen LogP contribution in [-0.4, -0.2) is 33.2 Å². The van der Waals surface area contributed by atoms with Crippen LogP contribution in [0.5, 0.6) is 0 Å². The first-order valence-electron chi connectivity index (χ1n) is 6.24. The molecule has 1 aliphatic carbocycles. The minimum absolute atomic E-state index is 0.154. The Morgan fingerprint density at radius 2 is 2.28 bits per heavy atom. The van der Waals surface area contributed by atoms with Crippen LogP contribution < -0.4 is 11.1 Å². The van der Waals surface area contributed by atoms with E-state index >= 15 is 0 Å². The lowest BCUT2D eigenvalue weighted by molar-refractivity contribution is 0.0924. The smallest absolute Gasteiger partial charge is 0.274 e. The second-order valence-corrected chi connectivity index (χ2v) is 5.82. The van der Waals surface area contributed by atoms with Crippen molar-refractivity contribution < 1.29 is 4.79 Å². The summed E-state index contributed by atoms with van der Waals surface area (Å²) >= 11 is 1.83. The van der Waals surface area contributed by atoms with Crippen molar-refractivity contribution in [2.45, 2.75) is 37.0 Å². The van der Waals surface area contributed by atoms with Crippen LogP contribution >= 0.6 is 11.8 Å². The summed E-state index contributed by atoms with van der Waals surface area (Å²) in [6.07, 6.45) is 8.41. The zero-order valence-corrected chi connectivity index (χ0v) is 11.7. The van der Waals surface area contributed by atoms with Crippen LogP contribution in [0.4, 0.5) is 5.69 Å². The molecule has 1 aromatic heterocycles. The van der Waals surface area contributed by atoms with E-state index in [0.29, 0.717) is 16.6 Å². The Labute approximate surface area is 111 Å². The largest absolute Gasteiger partial charge is 0.396 e. The Balaban J connectivity index is 2.04. The molecule has 3 N–H and O–H groups in total. The third kappa shape index (κ3) is 2.80. The maximum absolute atomic E-state index is 12.1. The fourth-order valence-electron chi connectivity index (χ4n) is 2.46. The highest BCUT2D eigenvalue weighted by molar-refractivity contribution is 7.99. The SMILES string of the molecule is CSC1CCCCC1NC(=O)c1nn(C)cc1N. The minimum atomic E-state index is -0.154. The number of nitrogens with two attached hydrogens (primary N) is 1. The monoisotopic (exact) mass is 268 g/mol. The summed E-state index contributed by atoms with van der Waals surface area (Å²) in [6, 6.07) is 0.239. The van der Waals surface area contributed by atoms with Crippen molar-refractivity contribution in [1.82, 2.24) is 15.1 Å². The van der Waals surface area contributed by atoms with Gasteiger partial charge in [0.2, 0.25) is 0 Å². The van der Waals surface area contributed by atoms with Crippen LogP contribution in [0.3, 0.4) is 0 Å². The van der Waals surface area contributed by atoms with E-state index in [0.717, 1.165) is 6.42 Å². The molecule has 1 aliphatic rings. The summed E-state index contributed by atoms with van der Waals surface area (Å²) in [6.45, 7) is 0. The first-order valence-corrected chi connectivity index (χ1v) is 7.53. The number of amides is 1. The number of carbonyl (C=O) groups excluding carboxylic acids is 1. The predicted molar refractivity (Wildman–Crippen MR) is 74.6 cm³/mol. The van der Waals surface area contributed by atoms with Crippen molar-refractivity contribution in [2.75, 3.05) is 12.0 Å². The number of rotatable bonds is 3. The molecule has 0 aromatic carbocycles. The number of nitrogen functional groups attached to an aromatic ring is 1. The molecule has 0 bridgehead atoms. The fraction of sp³-hybridized carbons (Fsp3) is 0.667. The van der Waals surface area contributed by atoms with Gasteiger partial charge in [0, 0.05) is 24.5 Å². The number of hydrogen-bond acceptors (Lipinski definition) is 4. The van der Waals surface area contributed by atoms with Crippen LogP contribution in [0.1, 0.15) is 36.2 Å². The van der Waals surface area contributed by atoms with Gasteiger partial charge in [0.05, 0.1) is 5.69 Å². The molecule has 0 spiro atoms. The van der Waals surface area contributed by atoms with Crippen LogP contribution in [0, 0.1) is 0 Å². The van der Waals surface area contributed by atoms with Crippen LogP contribution in [0.15, 0.2) is 6.20 Å². The quantitative estimate of drug-likeness (QED) is 0.869. The van der Waals surface area contributed by atoms with Gasteiger partial charge in [0.25, 0.3) is 5.91 Å². The molecule has 18 heavy (non-hydrogen) atoms. The van der Waals surface area contributed by atoms with E-state index in [4.69, 9.17) is 5.73 Å². The van der Waals surface area contributed by atoms with Gasteiger partial charge in [-0.05, 0) is 19.1 Å². The molecule has 6 heteroatoms. The predicted octanol–water partition coefficient (Wildman–Crippen LogP) is 1.41. The molecule has 1 amide bonds. The van der Waals surface area contributed by atoms with Crippen molar-refractivity contribution in [3.05, 3.63) is 11.9 Å². The van der Waals surface area contributed by atoms with Crippen molar-refractivity contribution in [3.8, 4) is 0 Å². The van der Waals surface area contributed by atoms with Crippen molar-refractivity contribution in [3.63, 3.8) is 0 Å². The highest BCUT2D eigenvalue weighted by Crippen LogP contribution is 2.27. The standard InChI is InChI=1S/C12H20N4OS/c1-16-7-8(13)11(15-16)12(17)14-9-5-3-4-6-10(9)18-2/h7,9-10H,3-6,13H2,1-2H3,(H,14,17). The molecule has 1 fully saturated rings. The Morgan fingerprint density at radius 3 is 2.89 bits per heavy atom. The fourth-order valence-corrected chi connectivity index (χ4v) is 3.40. The number of anilines is 1. The van der Waals surface area contributed by atoms with E-state index in [2.05, 4.69) is 16.7 Å². The van der Waals surface area contributed by atoms with Gasteiger partial charge in [-0.2, -0.15) is 16.9 Å². The van der Waals surface area contributed by atoms with Crippen molar-refractivity contribution >= 4 is 23.4 Å². The number of nitrogens with zero attached hydrogens (tertiary/aromatic N) is 2. The Bertz CT molecular complexity index is 432. The number of carbonyl (C=O) groups is 1. The lowest BCUT2D eigenvalue weighted by atomic mass is 9.95. The number of hydrogen-bond donors (Lipinski definition) is 2. The maximum atomic E-state index is 12.1. The molecule has 0 radical (unpaired) electrons. The molecule has 1 heterocycles. The molecule has 2 unspecified atom stereocenters. The number of aryl methyl sites for hydroxylation is 1. The third-order valence-corrected chi connectivity index (χ3v) is 4.56. The molecule has 0 aliphatic heterocycles. The van der Waals surface area contributed by atoms with Crippen molar-refractivity contribution in [1.29, 1.82) is 0 Å². The van der Waals surface area contributed by atoms with E-state index in [9.17, 15) is 4.79 Å². The second-order valence-electron chi connectivity index (χ2n) is 4.75. The van der Waals surface area contributed by atoms with Crippen LogP contribution in [-0.2, 0) is 7.05 Å². The minimum Gasteiger partial charge on any atom is -0.396 e. The van der Waals surface area contributed by atoms with Gasteiger partial charge in [0.15, 0.2) is 5.69 Å². The molecule has 2 rings (SSSR count). The van der Waals surface area contributed by atoms with E-state index in [1.165, 1.54) is 19.3 Å². The Morgan fingerprint density at radius 1 is 1.56 bits per heavy atom. The second kappa shape index (κ2) is 5.65. The summed E-state index contributed by atoms with van der Waals surface area (Å²) in [4.78, 5) is 12.1. The van der Waals surface area contributed by atoms with Gasteiger partial charge >= 0.3 is 0 Å². The molecule has 5 nitrogen and oxygen atoms in total. The average molecular weight is 268 g/mol. The number of aromatic nitrogens is 2. The van der Waals surface area contributed by atoms with E-state index in [1.807, 2.05) is 11.8 Å². The van der Waals surface area contributed by atoms with E-state index < -0.39 is 0 Å². The van der Waals surface area contributed by atoms with Crippen LogP contribution in [0.2, 0.25) is 0 Å². The molecule has 1 saturated carbocycles. The summed E-state index contributed by atoms with van der Waals surface area (Å²) < 4.78 is 1.57. The molecular weight excluding hydrogens is 248 g/mol. The van der Waals surface area contributed by atoms with Gasteiger partial charge in [-0.3, -0.25) is 9.48 Å².